The maximum Gasteiger partial charge on any atom is 0.223 e. The Bertz CT molecular complexity index is 414. The molecule has 0 saturated heterocycles. The number of benzene rings is 1. The Balaban J connectivity index is 1.77. The molecule has 1 fully saturated rings. The van der Waals surface area contributed by atoms with Crippen LogP contribution in [-0.4, -0.2) is 18.6 Å². The molecule has 0 unspecified atom stereocenters. The number of hydrogen-bond acceptors (Lipinski definition) is 3. The SMILES string of the molecule is Cc1cccc(OCCC(=O)NC2CC2)c1N. The zero-order valence-electron chi connectivity index (χ0n) is 10.0. The number of rotatable bonds is 5. The van der Waals surface area contributed by atoms with Gasteiger partial charge < -0.3 is 15.8 Å². The summed E-state index contributed by atoms with van der Waals surface area (Å²) in [7, 11) is 0. The number of nitrogen functional groups attached to an aromatic ring is 1. The van der Waals surface area contributed by atoms with E-state index in [0.717, 1.165) is 18.4 Å². The van der Waals surface area contributed by atoms with Gasteiger partial charge in [-0.25, -0.2) is 0 Å². The number of hydrogen-bond donors (Lipinski definition) is 2. The van der Waals surface area contributed by atoms with Gasteiger partial charge in [-0.05, 0) is 31.4 Å². The van der Waals surface area contributed by atoms with E-state index in [0.29, 0.717) is 30.5 Å². The van der Waals surface area contributed by atoms with Gasteiger partial charge >= 0.3 is 0 Å². The van der Waals surface area contributed by atoms with E-state index >= 15 is 0 Å². The third kappa shape index (κ3) is 3.37. The summed E-state index contributed by atoms with van der Waals surface area (Å²) in [6, 6.07) is 6.06. The lowest BCUT2D eigenvalue weighted by Crippen LogP contribution is -2.26. The second-order valence-electron chi connectivity index (χ2n) is 4.43. The Morgan fingerprint density at radius 3 is 3.00 bits per heavy atom. The van der Waals surface area contributed by atoms with Crippen LogP contribution >= 0.6 is 0 Å². The molecule has 0 heterocycles. The van der Waals surface area contributed by atoms with E-state index in [1.54, 1.807) is 0 Å². The van der Waals surface area contributed by atoms with E-state index in [2.05, 4.69) is 5.32 Å². The average Bonchev–Trinajstić information content (AvgIpc) is 3.08. The lowest BCUT2D eigenvalue weighted by Gasteiger charge is -2.10. The molecule has 1 aliphatic carbocycles. The van der Waals surface area contributed by atoms with Crippen LogP contribution < -0.4 is 15.8 Å². The molecular weight excluding hydrogens is 216 g/mol. The molecule has 4 nitrogen and oxygen atoms in total. The standard InChI is InChI=1S/C13H18N2O2/c1-9-3-2-4-11(13(9)14)17-8-7-12(16)15-10-5-6-10/h2-4,10H,5-8,14H2,1H3,(H,15,16). The lowest BCUT2D eigenvalue weighted by molar-refractivity contribution is -0.121. The Kier molecular flexibility index (Phi) is 3.52. The molecule has 0 atom stereocenters. The predicted octanol–water partition coefficient (Wildman–Crippen LogP) is 1.62. The highest BCUT2D eigenvalue weighted by atomic mass is 16.5. The minimum absolute atomic E-state index is 0.0544. The molecule has 1 aliphatic rings. The summed E-state index contributed by atoms with van der Waals surface area (Å²) >= 11 is 0. The number of aryl methyl sites for hydroxylation is 1. The fraction of sp³-hybridized carbons (Fsp3) is 0.462. The molecule has 0 bridgehead atoms. The average molecular weight is 234 g/mol. The summed E-state index contributed by atoms with van der Waals surface area (Å²) in [6.07, 6.45) is 2.60. The molecule has 4 heteroatoms. The van der Waals surface area contributed by atoms with Crippen molar-refractivity contribution >= 4 is 11.6 Å². The topological polar surface area (TPSA) is 64.3 Å². The van der Waals surface area contributed by atoms with E-state index in [1.807, 2.05) is 25.1 Å². The molecule has 3 N–H and O–H groups in total. The Morgan fingerprint density at radius 2 is 2.29 bits per heavy atom. The zero-order chi connectivity index (χ0) is 12.3. The molecular formula is C13H18N2O2. The van der Waals surface area contributed by atoms with E-state index < -0.39 is 0 Å². The fourth-order valence-corrected chi connectivity index (χ4v) is 1.56. The van der Waals surface area contributed by atoms with Crippen molar-refractivity contribution in [1.29, 1.82) is 0 Å². The van der Waals surface area contributed by atoms with Gasteiger partial charge in [0, 0.05) is 6.04 Å². The number of amides is 1. The van der Waals surface area contributed by atoms with Crippen LogP contribution in [-0.2, 0) is 4.79 Å². The Hall–Kier alpha value is -1.71. The summed E-state index contributed by atoms with van der Waals surface area (Å²) in [5, 5.41) is 2.92. The fourth-order valence-electron chi connectivity index (χ4n) is 1.56. The normalized spacial score (nSPS) is 14.4. The summed E-state index contributed by atoms with van der Waals surface area (Å²) in [6.45, 7) is 2.30. The lowest BCUT2D eigenvalue weighted by atomic mass is 10.2. The minimum atomic E-state index is 0.0544. The monoisotopic (exact) mass is 234 g/mol. The summed E-state index contributed by atoms with van der Waals surface area (Å²) in [5.74, 6) is 0.711. The molecule has 0 radical (unpaired) electrons. The maximum absolute atomic E-state index is 11.4. The van der Waals surface area contributed by atoms with Crippen LogP contribution in [0.25, 0.3) is 0 Å². The third-order valence-corrected chi connectivity index (χ3v) is 2.81. The van der Waals surface area contributed by atoms with Crippen LogP contribution in [0.3, 0.4) is 0 Å². The van der Waals surface area contributed by atoms with Crippen molar-refractivity contribution in [3.63, 3.8) is 0 Å². The van der Waals surface area contributed by atoms with Crippen LogP contribution in [0.1, 0.15) is 24.8 Å². The number of carbonyl (C=O) groups is 1. The van der Waals surface area contributed by atoms with Gasteiger partial charge in [-0.2, -0.15) is 0 Å². The van der Waals surface area contributed by atoms with Crippen molar-refractivity contribution in [2.24, 2.45) is 0 Å². The first-order valence-electron chi connectivity index (χ1n) is 5.94. The van der Waals surface area contributed by atoms with E-state index in [1.165, 1.54) is 0 Å². The summed E-state index contributed by atoms with van der Waals surface area (Å²) < 4.78 is 5.50. The number of nitrogens with two attached hydrogens (primary N) is 1. The summed E-state index contributed by atoms with van der Waals surface area (Å²) in [5.41, 5.74) is 7.50. The van der Waals surface area contributed by atoms with Crippen LogP contribution in [0, 0.1) is 6.92 Å². The molecule has 1 aromatic rings. The molecule has 17 heavy (non-hydrogen) atoms. The molecule has 0 aromatic heterocycles. The molecule has 1 saturated carbocycles. The molecule has 1 amide bonds. The van der Waals surface area contributed by atoms with Crippen molar-refractivity contribution in [2.75, 3.05) is 12.3 Å². The molecule has 0 spiro atoms. The highest BCUT2D eigenvalue weighted by Gasteiger charge is 2.22. The van der Waals surface area contributed by atoms with Gasteiger partial charge in [0.05, 0.1) is 18.7 Å². The van der Waals surface area contributed by atoms with Gasteiger partial charge in [-0.15, -0.1) is 0 Å². The first-order chi connectivity index (χ1) is 8.16. The van der Waals surface area contributed by atoms with Crippen molar-refractivity contribution in [1.82, 2.24) is 5.32 Å². The van der Waals surface area contributed by atoms with Crippen LogP contribution in [0.5, 0.6) is 5.75 Å². The van der Waals surface area contributed by atoms with Crippen molar-refractivity contribution in [3.05, 3.63) is 23.8 Å². The largest absolute Gasteiger partial charge is 0.491 e. The zero-order valence-corrected chi connectivity index (χ0v) is 10.0. The first-order valence-corrected chi connectivity index (χ1v) is 5.94. The van der Waals surface area contributed by atoms with Gasteiger partial charge in [0.25, 0.3) is 0 Å². The van der Waals surface area contributed by atoms with E-state index in [-0.39, 0.29) is 5.91 Å². The van der Waals surface area contributed by atoms with Crippen molar-refractivity contribution in [2.45, 2.75) is 32.2 Å². The molecule has 0 aliphatic heterocycles. The van der Waals surface area contributed by atoms with Crippen LogP contribution in [0.15, 0.2) is 18.2 Å². The number of nitrogens with one attached hydrogen (secondary N) is 1. The molecule has 1 aromatic carbocycles. The highest BCUT2D eigenvalue weighted by molar-refractivity contribution is 5.76. The first kappa shape index (κ1) is 11.8. The van der Waals surface area contributed by atoms with Gasteiger partial charge in [-0.3, -0.25) is 4.79 Å². The smallest absolute Gasteiger partial charge is 0.223 e. The number of anilines is 1. The van der Waals surface area contributed by atoms with Crippen molar-refractivity contribution < 1.29 is 9.53 Å². The predicted molar refractivity (Wildman–Crippen MR) is 66.9 cm³/mol. The van der Waals surface area contributed by atoms with E-state index in [4.69, 9.17) is 10.5 Å². The van der Waals surface area contributed by atoms with Crippen LogP contribution in [0.4, 0.5) is 5.69 Å². The van der Waals surface area contributed by atoms with Gasteiger partial charge in [-0.1, -0.05) is 12.1 Å². The van der Waals surface area contributed by atoms with Gasteiger partial charge in [0.2, 0.25) is 5.91 Å². The van der Waals surface area contributed by atoms with Gasteiger partial charge in [0.15, 0.2) is 0 Å². The number of carbonyl (C=O) groups excluding carboxylic acids is 1. The van der Waals surface area contributed by atoms with Crippen LogP contribution in [0.2, 0.25) is 0 Å². The van der Waals surface area contributed by atoms with Gasteiger partial charge in [0.1, 0.15) is 5.75 Å². The molecule has 2 rings (SSSR count). The third-order valence-electron chi connectivity index (χ3n) is 2.81. The Labute approximate surface area is 101 Å². The molecule has 92 valence electrons. The summed E-state index contributed by atoms with van der Waals surface area (Å²) in [4.78, 5) is 11.4. The van der Waals surface area contributed by atoms with E-state index in [9.17, 15) is 4.79 Å². The number of ether oxygens (including phenoxy) is 1. The Morgan fingerprint density at radius 1 is 1.53 bits per heavy atom. The minimum Gasteiger partial charge on any atom is -0.491 e. The quantitative estimate of drug-likeness (QED) is 0.761. The second-order valence-corrected chi connectivity index (χ2v) is 4.43. The second kappa shape index (κ2) is 5.08. The van der Waals surface area contributed by atoms with Crippen molar-refractivity contribution in [3.8, 4) is 5.75 Å². The maximum atomic E-state index is 11.4. The highest BCUT2D eigenvalue weighted by Crippen LogP contribution is 2.24. The number of para-hydroxylation sites is 1.